The third-order valence-electron chi connectivity index (χ3n) is 6.46. The van der Waals surface area contributed by atoms with E-state index in [2.05, 4.69) is 62.9 Å². The van der Waals surface area contributed by atoms with E-state index < -0.39 is 0 Å². The minimum Gasteiger partial charge on any atom is -0.360 e. The zero-order chi connectivity index (χ0) is 19.6. The first-order chi connectivity index (χ1) is 14.3. The number of rotatable bonds is 4. The standard InChI is InChI=1S/C23H30N6/c1-16-14-26-23(28-22(16)20-15-25-21-8-3-2-7-19(20)21)27-17-5-4-6-18(13-17)29-11-9-24-10-12-29/h2-3,7-8,14-15,17-18,24-25H,4-6,9-13H2,1H3,(H,26,27,28)/t17-,18?/m1/s1. The van der Waals surface area contributed by atoms with E-state index in [9.17, 15) is 0 Å². The van der Waals surface area contributed by atoms with Crippen LogP contribution in [0.25, 0.3) is 22.2 Å². The largest absolute Gasteiger partial charge is 0.360 e. The molecule has 0 bridgehead atoms. The van der Waals surface area contributed by atoms with Crippen LogP contribution in [0.2, 0.25) is 0 Å². The molecule has 1 unspecified atom stereocenters. The average Bonchev–Trinajstić information content (AvgIpc) is 3.20. The molecule has 6 nitrogen and oxygen atoms in total. The van der Waals surface area contributed by atoms with Crippen molar-refractivity contribution in [3.05, 3.63) is 42.2 Å². The minimum atomic E-state index is 0.446. The van der Waals surface area contributed by atoms with Crippen molar-refractivity contribution in [3.63, 3.8) is 0 Å². The van der Waals surface area contributed by atoms with Crippen LogP contribution in [0.15, 0.2) is 36.7 Å². The maximum Gasteiger partial charge on any atom is 0.223 e. The van der Waals surface area contributed by atoms with Crippen LogP contribution in [0.5, 0.6) is 0 Å². The molecule has 5 rings (SSSR count). The van der Waals surface area contributed by atoms with Crippen LogP contribution in [-0.2, 0) is 0 Å². The Hall–Kier alpha value is -2.44. The molecule has 3 aromatic rings. The number of anilines is 1. The molecule has 1 aliphatic heterocycles. The molecule has 1 aromatic carbocycles. The number of nitrogens with one attached hydrogen (secondary N) is 3. The Morgan fingerprint density at radius 3 is 2.90 bits per heavy atom. The van der Waals surface area contributed by atoms with Gasteiger partial charge in [0.15, 0.2) is 0 Å². The van der Waals surface area contributed by atoms with Gasteiger partial charge in [-0.05, 0) is 44.2 Å². The monoisotopic (exact) mass is 390 g/mol. The number of benzene rings is 1. The van der Waals surface area contributed by atoms with Crippen LogP contribution < -0.4 is 10.6 Å². The number of nitrogens with zero attached hydrogens (tertiary/aromatic N) is 3. The van der Waals surface area contributed by atoms with Crippen molar-refractivity contribution >= 4 is 16.9 Å². The van der Waals surface area contributed by atoms with Crippen LogP contribution >= 0.6 is 0 Å². The first-order valence-electron chi connectivity index (χ1n) is 10.9. The van der Waals surface area contributed by atoms with Gasteiger partial charge in [-0.1, -0.05) is 18.2 Å². The molecule has 0 spiro atoms. The molecule has 3 N–H and O–H groups in total. The lowest BCUT2D eigenvalue weighted by molar-refractivity contribution is 0.134. The second-order valence-corrected chi connectivity index (χ2v) is 8.42. The summed E-state index contributed by atoms with van der Waals surface area (Å²) in [6, 6.07) is 9.51. The maximum atomic E-state index is 4.93. The van der Waals surface area contributed by atoms with Crippen molar-refractivity contribution in [2.45, 2.75) is 44.7 Å². The number of aryl methyl sites for hydroxylation is 1. The zero-order valence-electron chi connectivity index (χ0n) is 17.1. The summed E-state index contributed by atoms with van der Waals surface area (Å²) in [7, 11) is 0. The van der Waals surface area contributed by atoms with Crippen molar-refractivity contribution in [2.24, 2.45) is 0 Å². The molecule has 0 radical (unpaired) electrons. The molecule has 2 aromatic heterocycles. The van der Waals surface area contributed by atoms with E-state index in [-0.39, 0.29) is 0 Å². The Balaban J connectivity index is 1.35. The lowest BCUT2D eigenvalue weighted by Crippen LogP contribution is -2.50. The van der Waals surface area contributed by atoms with Crippen molar-refractivity contribution in [1.82, 2.24) is 25.2 Å². The zero-order valence-corrected chi connectivity index (χ0v) is 17.1. The summed E-state index contributed by atoms with van der Waals surface area (Å²) in [4.78, 5) is 15.6. The number of H-pyrrole nitrogens is 1. The van der Waals surface area contributed by atoms with Gasteiger partial charge in [0.25, 0.3) is 0 Å². The van der Waals surface area contributed by atoms with Gasteiger partial charge < -0.3 is 15.6 Å². The molecular formula is C23H30N6. The minimum absolute atomic E-state index is 0.446. The van der Waals surface area contributed by atoms with Gasteiger partial charge in [-0.3, -0.25) is 4.90 Å². The summed E-state index contributed by atoms with van der Waals surface area (Å²) >= 11 is 0. The Bertz CT molecular complexity index is 974. The topological polar surface area (TPSA) is 68.9 Å². The molecular weight excluding hydrogens is 360 g/mol. The molecule has 29 heavy (non-hydrogen) atoms. The molecule has 1 aliphatic carbocycles. The van der Waals surface area contributed by atoms with Crippen LogP contribution in [0.1, 0.15) is 31.2 Å². The first-order valence-corrected chi connectivity index (χ1v) is 10.9. The average molecular weight is 391 g/mol. The van der Waals surface area contributed by atoms with Crippen LogP contribution in [0.3, 0.4) is 0 Å². The molecule has 2 atom stereocenters. The number of aromatic nitrogens is 3. The summed E-state index contributed by atoms with van der Waals surface area (Å²) in [6.45, 7) is 6.65. The smallest absolute Gasteiger partial charge is 0.223 e. The van der Waals surface area contributed by atoms with Crippen LogP contribution in [-0.4, -0.2) is 58.1 Å². The lowest BCUT2D eigenvalue weighted by atomic mass is 9.89. The SMILES string of the molecule is Cc1cnc(N[C@@H]2CCCC(N3CCNCC3)C2)nc1-c1c[nH]c2ccccc12. The third-order valence-corrected chi connectivity index (χ3v) is 6.46. The quantitative estimate of drug-likeness (QED) is 0.635. The fourth-order valence-corrected chi connectivity index (χ4v) is 4.91. The Labute approximate surface area is 172 Å². The molecule has 1 saturated carbocycles. The summed E-state index contributed by atoms with van der Waals surface area (Å²) < 4.78 is 0. The molecule has 1 saturated heterocycles. The van der Waals surface area contributed by atoms with E-state index in [4.69, 9.17) is 4.98 Å². The Morgan fingerprint density at radius 1 is 1.14 bits per heavy atom. The summed E-state index contributed by atoms with van der Waals surface area (Å²) in [5.41, 5.74) is 4.39. The van der Waals surface area contributed by atoms with E-state index in [0.717, 1.165) is 41.4 Å². The number of aromatic amines is 1. The number of hydrogen-bond donors (Lipinski definition) is 3. The van der Waals surface area contributed by atoms with Gasteiger partial charge >= 0.3 is 0 Å². The van der Waals surface area contributed by atoms with E-state index in [1.807, 2.05) is 6.20 Å². The third kappa shape index (κ3) is 3.87. The molecule has 2 aliphatic rings. The second kappa shape index (κ2) is 8.13. The van der Waals surface area contributed by atoms with Crippen molar-refractivity contribution < 1.29 is 0 Å². The van der Waals surface area contributed by atoms with Crippen LogP contribution in [0, 0.1) is 6.92 Å². The van der Waals surface area contributed by atoms with E-state index >= 15 is 0 Å². The number of fused-ring (bicyclic) bond motifs is 1. The van der Waals surface area contributed by atoms with Gasteiger partial charge in [-0.25, -0.2) is 9.97 Å². The number of hydrogen-bond acceptors (Lipinski definition) is 5. The van der Waals surface area contributed by atoms with Crippen molar-refractivity contribution in [1.29, 1.82) is 0 Å². The highest BCUT2D eigenvalue weighted by Gasteiger charge is 2.28. The Morgan fingerprint density at radius 2 is 2.00 bits per heavy atom. The summed E-state index contributed by atoms with van der Waals surface area (Å²) in [5, 5.41) is 8.32. The fraction of sp³-hybridized carbons (Fsp3) is 0.478. The highest BCUT2D eigenvalue weighted by atomic mass is 15.2. The number of para-hydroxylation sites is 1. The predicted octanol–water partition coefficient (Wildman–Crippen LogP) is 3.56. The van der Waals surface area contributed by atoms with Gasteiger partial charge in [-0.15, -0.1) is 0 Å². The first kappa shape index (κ1) is 18.6. The van der Waals surface area contributed by atoms with E-state index in [0.29, 0.717) is 12.1 Å². The van der Waals surface area contributed by atoms with Crippen molar-refractivity contribution in [2.75, 3.05) is 31.5 Å². The summed E-state index contributed by atoms with van der Waals surface area (Å²) in [6.07, 6.45) is 8.97. The molecule has 3 heterocycles. The molecule has 152 valence electrons. The highest BCUT2D eigenvalue weighted by Crippen LogP contribution is 2.30. The second-order valence-electron chi connectivity index (χ2n) is 8.42. The molecule has 2 fully saturated rings. The molecule has 0 amide bonds. The fourth-order valence-electron chi connectivity index (χ4n) is 4.91. The van der Waals surface area contributed by atoms with Gasteiger partial charge in [0.05, 0.1) is 5.69 Å². The summed E-state index contributed by atoms with van der Waals surface area (Å²) in [5.74, 6) is 0.752. The lowest BCUT2D eigenvalue weighted by Gasteiger charge is -2.39. The van der Waals surface area contributed by atoms with Crippen LogP contribution in [0.4, 0.5) is 5.95 Å². The highest BCUT2D eigenvalue weighted by molar-refractivity contribution is 5.95. The van der Waals surface area contributed by atoms with Gasteiger partial charge in [-0.2, -0.15) is 0 Å². The van der Waals surface area contributed by atoms with E-state index in [1.165, 1.54) is 44.2 Å². The Kier molecular flexibility index (Phi) is 5.21. The van der Waals surface area contributed by atoms with Gasteiger partial charge in [0, 0.05) is 67.1 Å². The normalized spacial score (nSPS) is 23.3. The number of piperazine rings is 1. The van der Waals surface area contributed by atoms with Crippen molar-refractivity contribution in [3.8, 4) is 11.3 Å². The van der Waals surface area contributed by atoms with Gasteiger partial charge in [0.1, 0.15) is 0 Å². The van der Waals surface area contributed by atoms with E-state index in [1.54, 1.807) is 0 Å². The maximum absolute atomic E-state index is 4.93. The van der Waals surface area contributed by atoms with Gasteiger partial charge in [0.2, 0.25) is 5.95 Å². The molecule has 6 heteroatoms. The predicted molar refractivity (Wildman–Crippen MR) is 118 cm³/mol.